The van der Waals surface area contributed by atoms with Gasteiger partial charge in [0.2, 0.25) is 5.91 Å². The van der Waals surface area contributed by atoms with Gasteiger partial charge in [-0.2, -0.15) is 0 Å². The predicted molar refractivity (Wildman–Crippen MR) is 113 cm³/mol. The van der Waals surface area contributed by atoms with Gasteiger partial charge in [0, 0.05) is 24.5 Å². The van der Waals surface area contributed by atoms with Crippen molar-refractivity contribution in [3.8, 4) is 11.1 Å². The number of rotatable bonds is 4. The molecule has 1 saturated heterocycles. The molecule has 2 heterocycles. The first-order valence-electron chi connectivity index (χ1n) is 9.64. The Hall–Kier alpha value is -3.21. The van der Waals surface area contributed by atoms with Crippen LogP contribution >= 0.6 is 0 Å². The number of nitrogens with one attached hydrogen (secondary N) is 1. The summed E-state index contributed by atoms with van der Waals surface area (Å²) in [5, 5.41) is 4.07. The van der Waals surface area contributed by atoms with Gasteiger partial charge in [0.05, 0.1) is 5.52 Å². The number of fused-ring (bicyclic) bond motifs is 1. The summed E-state index contributed by atoms with van der Waals surface area (Å²) in [4.78, 5) is 22.9. The molecule has 1 fully saturated rings. The van der Waals surface area contributed by atoms with Gasteiger partial charge in [0.1, 0.15) is 12.1 Å². The molecular weight excluding hydrogens is 348 g/mol. The van der Waals surface area contributed by atoms with Crippen LogP contribution in [0.2, 0.25) is 0 Å². The van der Waals surface area contributed by atoms with E-state index in [1.807, 2.05) is 6.07 Å². The van der Waals surface area contributed by atoms with E-state index in [1.165, 1.54) is 22.8 Å². The summed E-state index contributed by atoms with van der Waals surface area (Å²) in [7, 11) is 0. The monoisotopic (exact) mass is 372 g/mol. The van der Waals surface area contributed by atoms with Crippen molar-refractivity contribution in [3.63, 3.8) is 0 Å². The van der Waals surface area contributed by atoms with Gasteiger partial charge in [-0.1, -0.05) is 36.9 Å². The summed E-state index contributed by atoms with van der Waals surface area (Å²) >= 11 is 0. The van der Waals surface area contributed by atoms with Crippen LogP contribution in [0.1, 0.15) is 18.4 Å². The Labute approximate surface area is 165 Å². The Morgan fingerprint density at radius 2 is 1.93 bits per heavy atom. The van der Waals surface area contributed by atoms with Crippen LogP contribution in [-0.4, -0.2) is 35.0 Å². The van der Waals surface area contributed by atoms with E-state index in [9.17, 15) is 4.79 Å². The molecule has 1 aromatic heterocycles. The standard InChI is InChI=1S/C23H24N4O/c1-3-22(28)26-18-9-11-27(12-10-18)23-20-13-16(2)19(14-21(20)24-15-25-23)17-7-5-4-6-8-17/h3-8,13-15,18H,1,9-12H2,2H3,(H,26,28). The summed E-state index contributed by atoms with van der Waals surface area (Å²) in [5.41, 5.74) is 4.56. The topological polar surface area (TPSA) is 58.1 Å². The van der Waals surface area contributed by atoms with Gasteiger partial charge >= 0.3 is 0 Å². The molecule has 1 aliphatic heterocycles. The maximum atomic E-state index is 11.5. The lowest BCUT2D eigenvalue weighted by Crippen LogP contribution is -2.44. The summed E-state index contributed by atoms with van der Waals surface area (Å²) < 4.78 is 0. The fourth-order valence-electron chi connectivity index (χ4n) is 3.87. The average Bonchev–Trinajstić information content (AvgIpc) is 2.74. The first-order valence-corrected chi connectivity index (χ1v) is 9.64. The summed E-state index contributed by atoms with van der Waals surface area (Å²) in [6, 6.07) is 14.9. The van der Waals surface area contributed by atoms with Crippen molar-refractivity contribution in [1.82, 2.24) is 15.3 Å². The number of piperidine rings is 1. The molecule has 0 atom stereocenters. The maximum absolute atomic E-state index is 11.5. The molecule has 3 aromatic rings. The van der Waals surface area contributed by atoms with Crippen LogP contribution in [-0.2, 0) is 4.79 Å². The second kappa shape index (κ2) is 7.80. The van der Waals surface area contributed by atoms with E-state index >= 15 is 0 Å². The van der Waals surface area contributed by atoms with Gasteiger partial charge in [-0.05, 0) is 54.7 Å². The fraction of sp³-hybridized carbons (Fsp3) is 0.261. The van der Waals surface area contributed by atoms with Crippen molar-refractivity contribution in [2.75, 3.05) is 18.0 Å². The van der Waals surface area contributed by atoms with Gasteiger partial charge < -0.3 is 10.2 Å². The highest BCUT2D eigenvalue weighted by atomic mass is 16.1. The lowest BCUT2D eigenvalue weighted by molar-refractivity contribution is -0.117. The Balaban J connectivity index is 1.62. The summed E-state index contributed by atoms with van der Waals surface area (Å²) in [5.74, 6) is 0.871. The molecule has 4 rings (SSSR count). The van der Waals surface area contributed by atoms with E-state index in [1.54, 1.807) is 6.33 Å². The molecule has 1 N–H and O–H groups in total. The third-order valence-corrected chi connectivity index (χ3v) is 5.37. The minimum Gasteiger partial charge on any atom is -0.356 e. The quantitative estimate of drug-likeness (QED) is 0.706. The van der Waals surface area contributed by atoms with E-state index in [0.717, 1.165) is 42.7 Å². The zero-order valence-electron chi connectivity index (χ0n) is 16.1. The van der Waals surface area contributed by atoms with E-state index in [-0.39, 0.29) is 11.9 Å². The third-order valence-electron chi connectivity index (χ3n) is 5.37. The molecule has 0 spiro atoms. The van der Waals surface area contributed by atoms with Crippen LogP contribution in [0, 0.1) is 6.92 Å². The predicted octanol–water partition coefficient (Wildman–Crippen LogP) is 3.88. The molecule has 142 valence electrons. The molecular formula is C23H24N4O. The highest BCUT2D eigenvalue weighted by molar-refractivity contribution is 5.93. The van der Waals surface area contributed by atoms with Crippen molar-refractivity contribution in [1.29, 1.82) is 0 Å². The van der Waals surface area contributed by atoms with Crippen LogP contribution in [0.15, 0.2) is 61.4 Å². The van der Waals surface area contributed by atoms with E-state index in [0.29, 0.717) is 0 Å². The highest BCUT2D eigenvalue weighted by Crippen LogP contribution is 2.32. The van der Waals surface area contributed by atoms with Gasteiger partial charge in [0.15, 0.2) is 0 Å². The maximum Gasteiger partial charge on any atom is 0.243 e. The molecule has 1 aliphatic rings. The van der Waals surface area contributed by atoms with E-state index in [4.69, 9.17) is 0 Å². The highest BCUT2D eigenvalue weighted by Gasteiger charge is 2.22. The van der Waals surface area contributed by atoms with Gasteiger partial charge in [0.25, 0.3) is 0 Å². The van der Waals surface area contributed by atoms with E-state index in [2.05, 4.69) is 70.1 Å². The Kier molecular flexibility index (Phi) is 5.06. The third kappa shape index (κ3) is 3.60. The first-order chi connectivity index (χ1) is 13.7. The molecule has 0 saturated carbocycles. The molecule has 2 aromatic carbocycles. The minimum atomic E-state index is -0.102. The van der Waals surface area contributed by atoms with Crippen molar-refractivity contribution in [3.05, 3.63) is 67.0 Å². The number of aryl methyl sites for hydroxylation is 1. The molecule has 0 bridgehead atoms. The number of nitrogens with zero attached hydrogens (tertiary/aromatic N) is 3. The van der Waals surface area contributed by atoms with Crippen LogP contribution in [0.25, 0.3) is 22.0 Å². The zero-order chi connectivity index (χ0) is 19.5. The molecule has 28 heavy (non-hydrogen) atoms. The number of hydrogen-bond acceptors (Lipinski definition) is 4. The molecule has 1 amide bonds. The smallest absolute Gasteiger partial charge is 0.243 e. The minimum absolute atomic E-state index is 0.102. The normalized spacial score (nSPS) is 14.8. The summed E-state index contributed by atoms with van der Waals surface area (Å²) in [6.07, 6.45) is 4.77. The number of aromatic nitrogens is 2. The molecule has 0 radical (unpaired) electrons. The number of amides is 1. The van der Waals surface area contributed by atoms with Crippen molar-refractivity contribution in [2.45, 2.75) is 25.8 Å². The van der Waals surface area contributed by atoms with Crippen molar-refractivity contribution in [2.24, 2.45) is 0 Å². The lowest BCUT2D eigenvalue weighted by atomic mass is 9.98. The fourth-order valence-corrected chi connectivity index (χ4v) is 3.87. The van der Waals surface area contributed by atoms with Crippen molar-refractivity contribution >= 4 is 22.6 Å². The van der Waals surface area contributed by atoms with Crippen LogP contribution in [0.3, 0.4) is 0 Å². The average molecular weight is 372 g/mol. The van der Waals surface area contributed by atoms with Crippen LogP contribution in [0.5, 0.6) is 0 Å². The number of hydrogen-bond donors (Lipinski definition) is 1. The van der Waals surface area contributed by atoms with Gasteiger partial charge in [-0.15, -0.1) is 0 Å². The first kappa shape index (κ1) is 18.2. The number of carbonyl (C=O) groups is 1. The second-order valence-electron chi connectivity index (χ2n) is 7.22. The van der Waals surface area contributed by atoms with Gasteiger partial charge in [-0.3, -0.25) is 4.79 Å². The zero-order valence-corrected chi connectivity index (χ0v) is 16.1. The SMILES string of the molecule is C=CC(=O)NC1CCN(c2ncnc3cc(-c4ccccc4)c(C)cc23)CC1. The molecule has 0 aliphatic carbocycles. The molecule has 5 heteroatoms. The number of anilines is 1. The molecule has 5 nitrogen and oxygen atoms in total. The Bertz CT molecular complexity index is 1010. The summed E-state index contributed by atoms with van der Waals surface area (Å²) in [6.45, 7) is 7.36. The van der Waals surface area contributed by atoms with Crippen LogP contribution in [0.4, 0.5) is 5.82 Å². The van der Waals surface area contributed by atoms with Gasteiger partial charge in [-0.25, -0.2) is 9.97 Å². The lowest BCUT2D eigenvalue weighted by Gasteiger charge is -2.33. The Morgan fingerprint density at radius 1 is 1.18 bits per heavy atom. The second-order valence-corrected chi connectivity index (χ2v) is 7.22. The number of carbonyl (C=O) groups excluding carboxylic acids is 1. The number of benzene rings is 2. The largest absolute Gasteiger partial charge is 0.356 e. The van der Waals surface area contributed by atoms with Crippen molar-refractivity contribution < 1.29 is 4.79 Å². The van der Waals surface area contributed by atoms with E-state index < -0.39 is 0 Å². The molecule has 0 unspecified atom stereocenters. The Morgan fingerprint density at radius 3 is 2.64 bits per heavy atom. The van der Waals surface area contributed by atoms with Crippen LogP contribution < -0.4 is 10.2 Å².